The lowest BCUT2D eigenvalue weighted by Crippen LogP contribution is -2.03. The molecule has 130 valence electrons. The average molecular weight is 365 g/mol. The Kier molecular flexibility index (Phi) is 4.26. The molecule has 0 aliphatic heterocycles. The Morgan fingerprint density at radius 3 is 2.62 bits per heavy atom. The minimum absolute atomic E-state index is 0.461. The molecule has 0 N–H and O–H groups in total. The lowest BCUT2D eigenvalue weighted by atomic mass is 10.1. The monoisotopic (exact) mass is 364 g/mol. The van der Waals surface area contributed by atoms with Crippen LogP contribution in [0.1, 0.15) is 16.7 Å². The summed E-state index contributed by atoms with van der Waals surface area (Å²) in [6.07, 6.45) is 1.67. The van der Waals surface area contributed by atoms with Gasteiger partial charge in [0.25, 0.3) is 0 Å². The minimum atomic E-state index is 0.461. The predicted octanol–water partition coefficient (Wildman–Crippen LogP) is 3.84. The highest BCUT2D eigenvalue weighted by Crippen LogP contribution is 2.28. The summed E-state index contributed by atoms with van der Waals surface area (Å²) >= 11 is 6.57. The van der Waals surface area contributed by atoms with Crippen molar-refractivity contribution in [2.75, 3.05) is 0 Å². The van der Waals surface area contributed by atoms with Gasteiger partial charge in [-0.3, -0.25) is 0 Å². The molecule has 7 heteroatoms. The van der Waals surface area contributed by atoms with Crippen molar-refractivity contribution >= 4 is 11.6 Å². The molecule has 0 atom stereocenters. The first-order valence-electron chi connectivity index (χ1n) is 8.25. The summed E-state index contributed by atoms with van der Waals surface area (Å²) in [5.41, 5.74) is 5.02. The van der Waals surface area contributed by atoms with Crippen molar-refractivity contribution in [2.45, 2.75) is 20.4 Å². The smallest absolute Gasteiger partial charge is 0.209 e. The number of benzene rings is 2. The maximum Gasteiger partial charge on any atom is 0.209 e. The molecule has 0 spiro atoms. The Morgan fingerprint density at radius 2 is 1.81 bits per heavy atom. The molecular weight excluding hydrogens is 348 g/mol. The molecule has 2 aromatic heterocycles. The van der Waals surface area contributed by atoms with Gasteiger partial charge < -0.3 is 0 Å². The number of hydrogen-bond acceptors (Lipinski definition) is 4. The number of aryl methyl sites for hydroxylation is 1. The van der Waals surface area contributed by atoms with Crippen molar-refractivity contribution in [3.63, 3.8) is 0 Å². The molecule has 2 aromatic carbocycles. The van der Waals surface area contributed by atoms with Gasteiger partial charge in [0.1, 0.15) is 5.15 Å². The van der Waals surface area contributed by atoms with Crippen LogP contribution in [-0.2, 0) is 6.54 Å². The highest BCUT2D eigenvalue weighted by atomic mass is 35.5. The molecule has 0 bridgehead atoms. The third-order valence-electron chi connectivity index (χ3n) is 4.38. The fourth-order valence-electron chi connectivity index (χ4n) is 2.78. The largest absolute Gasteiger partial charge is 0.221 e. The molecule has 4 rings (SSSR count). The summed E-state index contributed by atoms with van der Waals surface area (Å²) in [5, 5.41) is 17.6. The van der Waals surface area contributed by atoms with E-state index in [0.29, 0.717) is 23.1 Å². The molecule has 0 saturated heterocycles. The summed E-state index contributed by atoms with van der Waals surface area (Å²) in [5.74, 6) is 0.461. The van der Waals surface area contributed by atoms with E-state index in [1.807, 2.05) is 42.5 Å². The van der Waals surface area contributed by atoms with Gasteiger partial charge in [0.2, 0.25) is 5.82 Å². The summed E-state index contributed by atoms with van der Waals surface area (Å²) in [6, 6.07) is 16.0. The first kappa shape index (κ1) is 16.5. The quantitative estimate of drug-likeness (QED) is 0.552. The second-order valence-electron chi connectivity index (χ2n) is 6.11. The van der Waals surface area contributed by atoms with Crippen LogP contribution in [0.5, 0.6) is 0 Å². The van der Waals surface area contributed by atoms with Crippen LogP contribution < -0.4 is 0 Å². The van der Waals surface area contributed by atoms with Gasteiger partial charge in [-0.15, -0.1) is 10.2 Å². The van der Waals surface area contributed by atoms with Crippen LogP contribution in [0.25, 0.3) is 17.1 Å². The lowest BCUT2D eigenvalue weighted by Gasteiger charge is -2.09. The van der Waals surface area contributed by atoms with Gasteiger partial charge in [-0.05, 0) is 41.8 Å². The average Bonchev–Trinajstić information content (AvgIpc) is 3.25. The lowest BCUT2D eigenvalue weighted by molar-refractivity contribution is 0.573. The Bertz CT molecular complexity index is 1050. The van der Waals surface area contributed by atoms with Gasteiger partial charge in [-0.2, -0.15) is 9.90 Å². The number of rotatable bonds is 4. The van der Waals surface area contributed by atoms with E-state index in [9.17, 15) is 0 Å². The van der Waals surface area contributed by atoms with Gasteiger partial charge in [-0.25, -0.2) is 4.68 Å². The van der Waals surface area contributed by atoms with Crippen molar-refractivity contribution in [1.29, 1.82) is 0 Å². The van der Waals surface area contributed by atoms with Crippen molar-refractivity contribution in [1.82, 2.24) is 30.0 Å². The fourth-order valence-corrected chi connectivity index (χ4v) is 3.05. The Labute approximate surface area is 156 Å². The highest BCUT2D eigenvalue weighted by Gasteiger charge is 2.17. The number of tetrazole rings is 1. The molecule has 4 aromatic rings. The minimum Gasteiger partial charge on any atom is -0.221 e. The van der Waals surface area contributed by atoms with Gasteiger partial charge in [0.05, 0.1) is 24.0 Å². The third kappa shape index (κ3) is 2.99. The topological polar surface area (TPSA) is 61.4 Å². The summed E-state index contributed by atoms with van der Waals surface area (Å²) in [4.78, 5) is 1.55. The van der Waals surface area contributed by atoms with E-state index in [4.69, 9.17) is 11.6 Å². The second kappa shape index (κ2) is 6.72. The van der Waals surface area contributed by atoms with E-state index in [1.165, 1.54) is 5.56 Å². The van der Waals surface area contributed by atoms with Crippen molar-refractivity contribution < 1.29 is 0 Å². The number of aromatic nitrogens is 6. The van der Waals surface area contributed by atoms with Crippen LogP contribution in [0.4, 0.5) is 0 Å². The molecule has 0 unspecified atom stereocenters. The van der Waals surface area contributed by atoms with Gasteiger partial charge >= 0.3 is 0 Å². The summed E-state index contributed by atoms with van der Waals surface area (Å²) in [6.45, 7) is 4.67. The Morgan fingerprint density at radius 1 is 1.00 bits per heavy atom. The normalized spacial score (nSPS) is 11.0. The van der Waals surface area contributed by atoms with Crippen LogP contribution in [0.3, 0.4) is 0 Å². The van der Waals surface area contributed by atoms with Crippen LogP contribution >= 0.6 is 11.6 Å². The zero-order chi connectivity index (χ0) is 18.1. The van der Waals surface area contributed by atoms with E-state index < -0.39 is 0 Å². The number of halogens is 1. The van der Waals surface area contributed by atoms with Crippen molar-refractivity contribution in [2.24, 2.45) is 0 Å². The summed E-state index contributed by atoms with van der Waals surface area (Å²) < 4.78 is 1.71. The first-order valence-corrected chi connectivity index (χ1v) is 8.63. The van der Waals surface area contributed by atoms with Crippen molar-refractivity contribution in [3.05, 3.63) is 76.6 Å². The second-order valence-corrected chi connectivity index (χ2v) is 6.47. The van der Waals surface area contributed by atoms with Crippen molar-refractivity contribution in [3.8, 4) is 17.1 Å². The third-order valence-corrected chi connectivity index (χ3v) is 4.74. The Balaban J connectivity index is 1.66. The molecule has 0 aliphatic rings. The van der Waals surface area contributed by atoms with Crippen LogP contribution in [0, 0.1) is 13.8 Å². The molecule has 2 heterocycles. The SMILES string of the molecule is Cc1cccc(-n2ncc(-c3nnn(Cc4ccccc4)n3)c2Cl)c1C. The zero-order valence-corrected chi connectivity index (χ0v) is 15.2. The van der Waals surface area contributed by atoms with E-state index >= 15 is 0 Å². The molecular formula is C19H17ClN6. The van der Waals surface area contributed by atoms with Crippen LogP contribution in [0.15, 0.2) is 54.7 Å². The maximum absolute atomic E-state index is 6.57. The molecule has 26 heavy (non-hydrogen) atoms. The predicted molar refractivity (Wildman–Crippen MR) is 100 cm³/mol. The first-order chi connectivity index (χ1) is 12.6. The summed E-state index contributed by atoms with van der Waals surface area (Å²) in [7, 11) is 0. The van der Waals surface area contributed by atoms with E-state index in [0.717, 1.165) is 16.8 Å². The van der Waals surface area contributed by atoms with Gasteiger partial charge in [0, 0.05) is 0 Å². The molecule has 0 aliphatic carbocycles. The van der Waals surface area contributed by atoms with Crippen LogP contribution in [-0.4, -0.2) is 30.0 Å². The van der Waals surface area contributed by atoms with Gasteiger partial charge in [0.15, 0.2) is 0 Å². The molecule has 6 nitrogen and oxygen atoms in total. The standard InChI is InChI=1S/C19H17ClN6/c1-13-7-6-10-17(14(13)2)26-18(20)16(11-21-26)19-22-24-25(23-19)12-15-8-4-3-5-9-15/h3-11H,12H2,1-2H3. The van der Waals surface area contributed by atoms with E-state index in [-0.39, 0.29) is 0 Å². The number of hydrogen-bond donors (Lipinski definition) is 0. The van der Waals surface area contributed by atoms with E-state index in [2.05, 4.69) is 40.4 Å². The van der Waals surface area contributed by atoms with Gasteiger partial charge in [-0.1, -0.05) is 54.1 Å². The van der Waals surface area contributed by atoms with E-state index in [1.54, 1.807) is 15.7 Å². The van der Waals surface area contributed by atoms with Crippen LogP contribution in [0.2, 0.25) is 5.15 Å². The molecule has 0 saturated carbocycles. The molecule has 0 amide bonds. The maximum atomic E-state index is 6.57. The zero-order valence-electron chi connectivity index (χ0n) is 14.5. The highest BCUT2D eigenvalue weighted by molar-refractivity contribution is 6.32. The number of nitrogens with zero attached hydrogens (tertiary/aromatic N) is 6. The molecule has 0 fully saturated rings. The Hall–Kier alpha value is -2.99. The fraction of sp³-hybridized carbons (Fsp3) is 0.158. The molecule has 0 radical (unpaired) electrons.